The lowest BCUT2D eigenvalue weighted by Gasteiger charge is -2.12. The maximum absolute atomic E-state index is 12.1. The molecule has 0 aliphatic carbocycles. The lowest BCUT2D eigenvalue weighted by atomic mass is 10.2. The van der Waals surface area contributed by atoms with Gasteiger partial charge in [0.25, 0.3) is 5.91 Å². The van der Waals surface area contributed by atoms with Crippen molar-refractivity contribution in [1.29, 1.82) is 0 Å². The summed E-state index contributed by atoms with van der Waals surface area (Å²) in [6.45, 7) is -0.452. The van der Waals surface area contributed by atoms with Gasteiger partial charge in [-0.1, -0.05) is 11.6 Å². The van der Waals surface area contributed by atoms with Crippen LogP contribution in [0.4, 0.5) is 13.2 Å². The summed E-state index contributed by atoms with van der Waals surface area (Å²) in [5, 5.41) is 2.50. The highest BCUT2D eigenvalue weighted by atomic mass is 35.5. The molecule has 1 aromatic heterocycles. The lowest BCUT2D eigenvalue weighted by Crippen LogP contribution is -2.31. The maximum Gasteiger partial charge on any atom is 0.422 e. The van der Waals surface area contributed by atoms with Crippen molar-refractivity contribution in [1.82, 2.24) is 10.3 Å². The van der Waals surface area contributed by atoms with Gasteiger partial charge in [-0.05, 0) is 18.9 Å². The fraction of sp³-hybridized carbons (Fsp3) is 0.538. The van der Waals surface area contributed by atoms with Crippen LogP contribution in [0.2, 0.25) is 5.02 Å². The van der Waals surface area contributed by atoms with Crippen molar-refractivity contribution >= 4 is 17.5 Å². The fourth-order valence-corrected chi connectivity index (χ4v) is 2.14. The van der Waals surface area contributed by atoms with Crippen LogP contribution in [0.25, 0.3) is 0 Å². The average Bonchev–Trinajstić information content (AvgIpc) is 2.95. The highest BCUT2D eigenvalue weighted by Crippen LogP contribution is 2.25. The molecule has 0 saturated carbocycles. The molecule has 9 heteroatoms. The summed E-state index contributed by atoms with van der Waals surface area (Å²) in [6.07, 6.45) is -1.55. The SMILES string of the molecule is O=C(NC[C@@H]1CCCO1)c1cnc(OCC(F)(F)F)c(Cl)c1. The summed E-state index contributed by atoms with van der Waals surface area (Å²) in [5.41, 5.74) is 0.141. The van der Waals surface area contributed by atoms with E-state index in [1.165, 1.54) is 6.07 Å². The maximum atomic E-state index is 12.1. The summed E-state index contributed by atoms with van der Waals surface area (Å²) in [7, 11) is 0. The van der Waals surface area contributed by atoms with Crippen molar-refractivity contribution in [2.75, 3.05) is 19.8 Å². The van der Waals surface area contributed by atoms with Crippen LogP contribution in [-0.2, 0) is 4.74 Å². The Morgan fingerprint density at radius 2 is 2.32 bits per heavy atom. The van der Waals surface area contributed by atoms with Gasteiger partial charge in [0.1, 0.15) is 5.02 Å². The molecule has 22 heavy (non-hydrogen) atoms. The summed E-state index contributed by atoms with van der Waals surface area (Å²) in [6, 6.07) is 1.21. The minimum atomic E-state index is -4.48. The Balaban J connectivity index is 1.91. The second-order valence-electron chi connectivity index (χ2n) is 4.76. The summed E-state index contributed by atoms with van der Waals surface area (Å²) in [5.74, 6) is -0.790. The van der Waals surface area contributed by atoms with E-state index in [-0.39, 0.29) is 22.6 Å². The number of alkyl halides is 3. The molecule has 0 spiro atoms. The molecule has 1 N–H and O–H groups in total. The number of hydrogen-bond acceptors (Lipinski definition) is 4. The van der Waals surface area contributed by atoms with Crippen LogP contribution in [-0.4, -0.2) is 42.9 Å². The van der Waals surface area contributed by atoms with Crippen LogP contribution in [0.3, 0.4) is 0 Å². The molecule has 1 amide bonds. The van der Waals surface area contributed by atoms with Gasteiger partial charge in [0, 0.05) is 19.3 Å². The third-order valence-corrected chi connectivity index (χ3v) is 3.23. The van der Waals surface area contributed by atoms with Crippen LogP contribution >= 0.6 is 11.6 Å². The smallest absolute Gasteiger partial charge is 0.422 e. The molecule has 2 rings (SSSR count). The first kappa shape index (κ1) is 16.8. The van der Waals surface area contributed by atoms with Gasteiger partial charge in [-0.25, -0.2) is 4.98 Å². The number of ether oxygens (including phenoxy) is 2. The number of rotatable bonds is 5. The number of nitrogens with zero attached hydrogens (tertiary/aromatic N) is 1. The first-order valence-corrected chi connectivity index (χ1v) is 6.98. The Morgan fingerprint density at radius 3 is 2.91 bits per heavy atom. The van der Waals surface area contributed by atoms with E-state index in [1.807, 2.05) is 0 Å². The van der Waals surface area contributed by atoms with E-state index in [0.29, 0.717) is 13.2 Å². The Kier molecular flexibility index (Phi) is 5.47. The van der Waals surface area contributed by atoms with Gasteiger partial charge in [-0.3, -0.25) is 4.79 Å². The quantitative estimate of drug-likeness (QED) is 0.896. The van der Waals surface area contributed by atoms with Crippen LogP contribution in [0.5, 0.6) is 5.88 Å². The normalized spacial score (nSPS) is 18.3. The van der Waals surface area contributed by atoms with E-state index in [1.54, 1.807) is 0 Å². The highest BCUT2D eigenvalue weighted by molar-refractivity contribution is 6.32. The van der Waals surface area contributed by atoms with Crippen molar-refractivity contribution < 1.29 is 27.4 Å². The third kappa shape index (κ3) is 5.03. The molecule has 1 aliphatic heterocycles. The van der Waals surface area contributed by atoms with Crippen molar-refractivity contribution in [2.45, 2.75) is 25.1 Å². The van der Waals surface area contributed by atoms with Crippen LogP contribution < -0.4 is 10.1 Å². The van der Waals surface area contributed by atoms with Gasteiger partial charge in [-0.2, -0.15) is 13.2 Å². The summed E-state index contributed by atoms with van der Waals surface area (Å²) >= 11 is 5.77. The number of aromatic nitrogens is 1. The van der Waals surface area contributed by atoms with E-state index in [9.17, 15) is 18.0 Å². The molecular formula is C13H14ClF3N2O3. The first-order chi connectivity index (χ1) is 10.3. The molecule has 1 atom stereocenters. The molecule has 1 saturated heterocycles. The number of amides is 1. The standard InChI is InChI=1S/C13H14ClF3N2O3/c14-10-4-8(5-19-12(10)22-7-13(15,16)17)11(20)18-6-9-2-1-3-21-9/h4-5,9H,1-3,6-7H2,(H,18,20)/t9-/m0/s1. The molecule has 0 aromatic carbocycles. The molecular weight excluding hydrogens is 325 g/mol. The molecule has 0 bridgehead atoms. The topological polar surface area (TPSA) is 60.5 Å². The van der Waals surface area contributed by atoms with Gasteiger partial charge in [0.2, 0.25) is 5.88 Å². The zero-order valence-electron chi connectivity index (χ0n) is 11.5. The number of nitrogens with one attached hydrogen (secondary N) is 1. The minimum absolute atomic E-state index is 0.0122. The number of halogens is 4. The lowest BCUT2D eigenvalue weighted by molar-refractivity contribution is -0.154. The zero-order chi connectivity index (χ0) is 16.2. The van der Waals surface area contributed by atoms with Crippen molar-refractivity contribution in [3.05, 3.63) is 22.8 Å². The zero-order valence-corrected chi connectivity index (χ0v) is 12.2. The number of hydrogen-bond donors (Lipinski definition) is 1. The molecule has 0 radical (unpaired) electrons. The van der Waals surface area contributed by atoms with E-state index < -0.39 is 18.7 Å². The Bertz CT molecular complexity index is 534. The Labute approximate surface area is 129 Å². The summed E-state index contributed by atoms with van der Waals surface area (Å²) in [4.78, 5) is 15.5. The fourth-order valence-electron chi connectivity index (χ4n) is 1.92. The predicted molar refractivity (Wildman–Crippen MR) is 72.1 cm³/mol. The molecule has 0 unspecified atom stereocenters. The number of carbonyl (C=O) groups is 1. The monoisotopic (exact) mass is 338 g/mol. The molecule has 5 nitrogen and oxygen atoms in total. The van der Waals surface area contributed by atoms with Gasteiger partial charge in [0.05, 0.1) is 11.7 Å². The molecule has 122 valence electrons. The molecule has 1 aliphatic rings. The van der Waals surface area contributed by atoms with E-state index >= 15 is 0 Å². The Hall–Kier alpha value is -1.54. The molecule has 1 aromatic rings. The van der Waals surface area contributed by atoms with Gasteiger partial charge >= 0.3 is 6.18 Å². The van der Waals surface area contributed by atoms with Crippen molar-refractivity contribution in [3.8, 4) is 5.88 Å². The largest absolute Gasteiger partial charge is 0.467 e. The first-order valence-electron chi connectivity index (χ1n) is 6.60. The highest BCUT2D eigenvalue weighted by Gasteiger charge is 2.29. The third-order valence-electron chi connectivity index (χ3n) is 2.96. The number of carbonyl (C=O) groups excluding carboxylic acids is 1. The Morgan fingerprint density at radius 1 is 1.55 bits per heavy atom. The number of pyridine rings is 1. The van der Waals surface area contributed by atoms with Crippen molar-refractivity contribution in [2.24, 2.45) is 0 Å². The molecule has 1 fully saturated rings. The van der Waals surface area contributed by atoms with Crippen molar-refractivity contribution in [3.63, 3.8) is 0 Å². The van der Waals surface area contributed by atoms with Gasteiger partial charge in [0.15, 0.2) is 6.61 Å². The van der Waals surface area contributed by atoms with Gasteiger partial charge in [-0.15, -0.1) is 0 Å². The second-order valence-corrected chi connectivity index (χ2v) is 5.17. The van der Waals surface area contributed by atoms with Crippen LogP contribution in [0, 0.1) is 0 Å². The average molecular weight is 339 g/mol. The van der Waals surface area contributed by atoms with E-state index in [0.717, 1.165) is 19.0 Å². The predicted octanol–water partition coefficient (Wildman–Crippen LogP) is 2.58. The summed E-state index contributed by atoms with van der Waals surface area (Å²) < 4.78 is 46.0. The van der Waals surface area contributed by atoms with E-state index in [2.05, 4.69) is 15.0 Å². The van der Waals surface area contributed by atoms with Crippen LogP contribution in [0.15, 0.2) is 12.3 Å². The molecule has 2 heterocycles. The van der Waals surface area contributed by atoms with E-state index in [4.69, 9.17) is 16.3 Å². The van der Waals surface area contributed by atoms with Crippen LogP contribution in [0.1, 0.15) is 23.2 Å². The second kappa shape index (κ2) is 7.15. The van der Waals surface area contributed by atoms with Gasteiger partial charge < -0.3 is 14.8 Å². The minimum Gasteiger partial charge on any atom is -0.467 e.